The summed E-state index contributed by atoms with van der Waals surface area (Å²) in [6.07, 6.45) is 1.56. The first kappa shape index (κ1) is 13.5. The molecule has 3 aromatic rings. The average molecular weight is 298 g/mol. The molecule has 0 bridgehead atoms. The van der Waals surface area contributed by atoms with Crippen LogP contribution in [0.4, 0.5) is 5.69 Å². The number of carbonyl (C=O) groups is 1. The van der Waals surface area contributed by atoms with Gasteiger partial charge in [-0.05, 0) is 24.3 Å². The van der Waals surface area contributed by atoms with Gasteiger partial charge in [-0.15, -0.1) is 11.3 Å². The van der Waals surface area contributed by atoms with E-state index in [9.17, 15) is 4.79 Å². The molecule has 3 rings (SSSR count). The van der Waals surface area contributed by atoms with Crippen LogP contribution in [0.2, 0.25) is 0 Å². The summed E-state index contributed by atoms with van der Waals surface area (Å²) in [7, 11) is 1.72. The minimum atomic E-state index is -0.202. The Labute approximate surface area is 126 Å². The Hall–Kier alpha value is -2.47. The molecule has 106 valence electrons. The lowest BCUT2D eigenvalue weighted by molar-refractivity contribution is 0.0780. The van der Waals surface area contributed by atoms with Gasteiger partial charge in [0.05, 0.1) is 22.4 Å². The van der Waals surface area contributed by atoms with E-state index in [0.29, 0.717) is 12.2 Å². The molecule has 1 amide bonds. The fourth-order valence-corrected chi connectivity index (χ4v) is 3.06. The first-order valence-corrected chi connectivity index (χ1v) is 7.27. The summed E-state index contributed by atoms with van der Waals surface area (Å²) in [5.41, 5.74) is 7.41. The third-order valence-electron chi connectivity index (χ3n) is 3.10. The third-order valence-corrected chi connectivity index (χ3v) is 4.12. The summed E-state index contributed by atoms with van der Waals surface area (Å²) in [5.74, 6) is -0.202. The van der Waals surface area contributed by atoms with Crippen molar-refractivity contribution in [2.75, 3.05) is 12.8 Å². The van der Waals surface area contributed by atoms with Gasteiger partial charge in [0.1, 0.15) is 5.01 Å². The van der Waals surface area contributed by atoms with Gasteiger partial charge in [-0.3, -0.25) is 4.79 Å². The van der Waals surface area contributed by atoms with Crippen molar-refractivity contribution in [1.29, 1.82) is 0 Å². The van der Waals surface area contributed by atoms with Crippen molar-refractivity contribution in [2.24, 2.45) is 0 Å². The highest BCUT2D eigenvalue weighted by molar-refractivity contribution is 7.18. The lowest BCUT2D eigenvalue weighted by Gasteiger charge is -2.15. The molecular formula is C15H14N4OS. The quantitative estimate of drug-likeness (QED) is 0.806. The number of anilines is 1. The van der Waals surface area contributed by atoms with Gasteiger partial charge < -0.3 is 10.6 Å². The summed E-state index contributed by atoms with van der Waals surface area (Å²) in [6, 6.07) is 11.3. The molecular weight excluding hydrogens is 284 g/mol. The monoisotopic (exact) mass is 298 g/mol. The smallest absolute Gasteiger partial charge is 0.274 e. The highest BCUT2D eigenvalue weighted by atomic mass is 32.1. The van der Waals surface area contributed by atoms with E-state index in [0.717, 1.165) is 15.2 Å². The molecule has 0 fully saturated rings. The number of benzene rings is 1. The second-order valence-corrected chi connectivity index (χ2v) is 5.79. The zero-order chi connectivity index (χ0) is 14.8. The number of rotatable bonds is 3. The Morgan fingerprint density at radius 3 is 2.86 bits per heavy atom. The lowest BCUT2D eigenvalue weighted by Crippen LogP contribution is -2.27. The maximum atomic E-state index is 12.3. The highest BCUT2D eigenvalue weighted by Crippen LogP contribution is 2.23. The van der Waals surface area contributed by atoms with Crippen molar-refractivity contribution in [3.8, 4) is 0 Å². The van der Waals surface area contributed by atoms with E-state index >= 15 is 0 Å². The maximum Gasteiger partial charge on any atom is 0.274 e. The minimum absolute atomic E-state index is 0.202. The number of nitrogens with zero attached hydrogens (tertiary/aromatic N) is 3. The van der Waals surface area contributed by atoms with Crippen LogP contribution in [0.15, 0.2) is 42.6 Å². The number of nitrogens with two attached hydrogens (primary N) is 1. The number of aromatic nitrogens is 2. The Morgan fingerprint density at radius 1 is 1.29 bits per heavy atom. The molecule has 0 aliphatic heterocycles. The standard InChI is InChI=1S/C15H14N4OS/c1-19(15(20)14-10(16)5-4-8-17-14)9-13-18-11-6-2-3-7-12(11)21-13/h2-8H,9,16H2,1H3. The zero-order valence-electron chi connectivity index (χ0n) is 11.5. The van der Waals surface area contributed by atoms with E-state index in [4.69, 9.17) is 5.73 Å². The van der Waals surface area contributed by atoms with E-state index in [-0.39, 0.29) is 11.6 Å². The number of hydrogen-bond donors (Lipinski definition) is 1. The largest absolute Gasteiger partial charge is 0.397 e. The van der Waals surface area contributed by atoms with E-state index in [1.54, 1.807) is 41.6 Å². The van der Waals surface area contributed by atoms with Gasteiger partial charge in [-0.25, -0.2) is 9.97 Å². The average Bonchev–Trinajstić information content (AvgIpc) is 2.89. The van der Waals surface area contributed by atoms with Gasteiger partial charge in [-0.2, -0.15) is 0 Å². The summed E-state index contributed by atoms with van der Waals surface area (Å²) in [4.78, 5) is 22.5. The van der Waals surface area contributed by atoms with Crippen LogP contribution in [0.25, 0.3) is 10.2 Å². The molecule has 0 saturated carbocycles. The van der Waals surface area contributed by atoms with Crippen LogP contribution in [0, 0.1) is 0 Å². The topological polar surface area (TPSA) is 72.1 Å². The van der Waals surface area contributed by atoms with Crippen molar-refractivity contribution >= 4 is 33.1 Å². The van der Waals surface area contributed by atoms with Crippen molar-refractivity contribution in [2.45, 2.75) is 6.54 Å². The SMILES string of the molecule is CN(Cc1nc2ccccc2s1)C(=O)c1ncccc1N. The molecule has 2 N–H and O–H groups in total. The Morgan fingerprint density at radius 2 is 2.10 bits per heavy atom. The predicted molar refractivity (Wildman–Crippen MR) is 84.1 cm³/mol. The summed E-state index contributed by atoms with van der Waals surface area (Å²) in [5, 5.41) is 0.890. The molecule has 0 aliphatic carbocycles. The minimum Gasteiger partial charge on any atom is -0.397 e. The lowest BCUT2D eigenvalue weighted by atomic mass is 10.2. The predicted octanol–water partition coefficient (Wildman–Crippen LogP) is 2.55. The third kappa shape index (κ3) is 2.71. The molecule has 0 radical (unpaired) electrons. The van der Waals surface area contributed by atoms with Crippen molar-refractivity contribution in [3.63, 3.8) is 0 Å². The molecule has 0 saturated heterocycles. The number of pyridine rings is 1. The van der Waals surface area contributed by atoms with E-state index in [1.807, 2.05) is 24.3 Å². The summed E-state index contributed by atoms with van der Waals surface area (Å²) >= 11 is 1.59. The van der Waals surface area contributed by atoms with Gasteiger partial charge in [0, 0.05) is 13.2 Å². The Kier molecular flexibility index (Phi) is 3.53. The maximum absolute atomic E-state index is 12.3. The van der Waals surface area contributed by atoms with Gasteiger partial charge in [-0.1, -0.05) is 12.1 Å². The van der Waals surface area contributed by atoms with Gasteiger partial charge in [0.25, 0.3) is 5.91 Å². The molecule has 1 aromatic carbocycles. The second kappa shape index (κ2) is 5.49. The van der Waals surface area contributed by atoms with E-state index in [1.165, 1.54) is 0 Å². The molecule has 0 unspecified atom stereocenters. The normalized spacial score (nSPS) is 10.7. The van der Waals surface area contributed by atoms with Crippen LogP contribution in [0.5, 0.6) is 0 Å². The number of nitrogen functional groups attached to an aromatic ring is 1. The molecule has 2 aromatic heterocycles. The molecule has 0 aliphatic rings. The highest BCUT2D eigenvalue weighted by Gasteiger charge is 2.17. The molecule has 2 heterocycles. The summed E-state index contributed by atoms with van der Waals surface area (Å²) in [6.45, 7) is 0.439. The first-order chi connectivity index (χ1) is 10.1. The van der Waals surface area contributed by atoms with Crippen LogP contribution in [0.1, 0.15) is 15.5 Å². The molecule has 6 heteroatoms. The fraction of sp³-hybridized carbons (Fsp3) is 0.133. The van der Waals surface area contributed by atoms with Crippen LogP contribution in [0.3, 0.4) is 0 Å². The van der Waals surface area contributed by atoms with Crippen molar-refractivity contribution in [1.82, 2.24) is 14.9 Å². The van der Waals surface area contributed by atoms with Gasteiger partial charge >= 0.3 is 0 Å². The second-order valence-electron chi connectivity index (χ2n) is 4.68. The molecule has 21 heavy (non-hydrogen) atoms. The van der Waals surface area contributed by atoms with E-state index in [2.05, 4.69) is 9.97 Å². The van der Waals surface area contributed by atoms with Crippen molar-refractivity contribution in [3.05, 3.63) is 53.3 Å². The molecule has 0 spiro atoms. The van der Waals surface area contributed by atoms with Gasteiger partial charge in [0.15, 0.2) is 5.69 Å². The number of fused-ring (bicyclic) bond motifs is 1. The number of hydrogen-bond acceptors (Lipinski definition) is 5. The van der Waals surface area contributed by atoms with Crippen LogP contribution < -0.4 is 5.73 Å². The number of para-hydroxylation sites is 1. The number of thiazole rings is 1. The molecule has 5 nitrogen and oxygen atoms in total. The summed E-state index contributed by atoms with van der Waals surface area (Å²) < 4.78 is 1.12. The first-order valence-electron chi connectivity index (χ1n) is 6.45. The molecule has 0 atom stereocenters. The van der Waals surface area contributed by atoms with Crippen molar-refractivity contribution < 1.29 is 4.79 Å². The van der Waals surface area contributed by atoms with E-state index < -0.39 is 0 Å². The van der Waals surface area contributed by atoms with Crippen LogP contribution in [-0.2, 0) is 6.54 Å². The number of amides is 1. The fourth-order valence-electron chi connectivity index (χ4n) is 2.04. The number of carbonyl (C=O) groups excluding carboxylic acids is 1. The zero-order valence-corrected chi connectivity index (χ0v) is 12.3. The van der Waals surface area contributed by atoms with Crippen LogP contribution >= 0.6 is 11.3 Å². The Balaban J connectivity index is 1.81. The van der Waals surface area contributed by atoms with Crippen LogP contribution in [-0.4, -0.2) is 27.8 Å². The van der Waals surface area contributed by atoms with Gasteiger partial charge in [0.2, 0.25) is 0 Å². The Bertz CT molecular complexity index is 766.